The van der Waals surface area contributed by atoms with Gasteiger partial charge in [-0.1, -0.05) is 15.9 Å². The molecule has 0 unspecified atom stereocenters. The summed E-state index contributed by atoms with van der Waals surface area (Å²) in [5, 5.41) is 13.1. The van der Waals surface area contributed by atoms with Crippen molar-refractivity contribution in [2.45, 2.75) is 51.3 Å². The summed E-state index contributed by atoms with van der Waals surface area (Å²) in [6.45, 7) is 1.91. The SMILES string of the molecule is COc1cc(C(=O)Nc2c(Br)cc(Br)cc2CN(C)[C@H]2CCC[C@H](O)C2)ccc1OC(C)=O. The molecule has 1 aliphatic carbocycles. The number of aliphatic hydroxyl groups is 1. The van der Waals surface area contributed by atoms with Gasteiger partial charge in [0, 0.05) is 34.0 Å². The minimum atomic E-state index is -0.469. The van der Waals surface area contributed by atoms with Gasteiger partial charge in [-0.2, -0.15) is 0 Å². The fourth-order valence-electron chi connectivity index (χ4n) is 4.06. The summed E-state index contributed by atoms with van der Waals surface area (Å²) in [7, 11) is 3.49. The van der Waals surface area contributed by atoms with E-state index in [1.807, 2.05) is 19.2 Å². The number of hydrogen-bond donors (Lipinski definition) is 2. The number of nitrogens with one attached hydrogen (secondary N) is 1. The zero-order valence-corrected chi connectivity index (χ0v) is 22.0. The summed E-state index contributed by atoms with van der Waals surface area (Å²) >= 11 is 7.12. The van der Waals surface area contributed by atoms with Gasteiger partial charge in [-0.3, -0.25) is 14.5 Å². The van der Waals surface area contributed by atoms with Gasteiger partial charge >= 0.3 is 5.97 Å². The average Bonchev–Trinajstić information content (AvgIpc) is 2.75. The van der Waals surface area contributed by atoms with Crippen LogP contribution in [0.15, 0.2) is 39.3 Å². The molecule has 0 aliphatic heterocycles. The van der Waals surface area contributed by atoms with E-state index in [9.17, 15) is 14.7 Å². The van der Waals surface area contributed by atoms with Gasteiger partial charge in [-0.05, 0) is 84.6 Å². The summed E-state index contributed by atoms with van der Waals surface area (Å²) in [6.07, 6.45) is 3.39. The largest absolute Gasteiger partial charge is 0.493 e. The Morgan fingerprint density at radius 1 is 1.18 bits per heavy atom. The van der Waals surface area contributed by atoms with Gasteiger partial charge in [0.25, 0.3) is 5.91 Å². The minimum absolute atomic E-state index is 0.253. The Kier molecular flexibility index (Phi) is 8.92. The number of nitrogens with zero attached hydrogens (tertiary/aromatic N) is 1. The lowest BCUT2D eigenvalue weighted by atomic mass is 9.92. The van der Waals surface area contributed by atoms with Crippen molar-refractivity contribution in [2.24, 2.45) is 0 Å². The van der Waals surface area contributed by atoms with Crippen molar-refractivity contribution in [3.05, 3.63) is 50.4 Å². The smallest absolute Gasteiger partial charge is 0.308 e. The molecule has 2 aromatic rings. The second-order valence-corrected chi connectivity index (χ2v) is 9.99. The van der Waals surface area contributed by atoms with Crippen LogP contribution in [0.3, 0.4) is 0 Å². The maximum absolute atomic E-state index is 13.1. The van der Waals surface area contributed by atoms with Crippen molar-refractivity contribution in [3.63, 3.8) is 0 Å². The molecule has 1 amide bonds. The Morgan fingerprint density at radius 3 is 2.61 bits per heavy atom. The summed E-state index contributed by atoms with van der Waals surface area (Å²) < 4.78 is 12.0. The number of rotatable bonds is 7. The lowest BCUT2D eigenvalue weighted by molar-refractivity contribution is -0.132. The Hall–Kier alpha value is -1.94. The molecule has 7 nitrogen and oxygen atoms in total. The quantitative estimate of drug-likeness (QED) is 0.347. The third kappa shape index (κ3) is 6.79. The maximum Gasteiger partial charge on any atom is 0.308 e. The van der Waals surface area contributed by atoms with Crippen molar-refractivity contribution in [2.75, 3.05) is 19.5 Å². The van der Waals surface area contributed by atoms with Crippen LogP contribution < -0.4 is 14.8 Å². The van der Waals surface area contributed by atoms with E-state index in [2.05, 4.69) is 42.1 Å². The molecule has 3 rings (SSSR count). The zero-order chi connectivity index (χ0) is 24.1. The van der Waals surface area contributed by atoms with Gasteiger partial charge in [-0.25, -0.2) is 0 Å². The minimum Gasteiger partial charge on any atom is -0.493 e. The van der Waals surface area contributed by atoms with Crippen LogP contribution in [0.1, 0.15) is 48.5 Å². The van der Waals surface area contributed by atoms with E-state index in [-0.39, 0.29) is 23.8 Å². The first-order valence-corrected chi connectivity index (χ1v) is 12.3. The Labute approximate surface area is 210 Å². The number of halogens is 2. The number of methoxy groups -OCH3 is 1. The standard InChI is InChI=1S/C24H28Br2N2O5/c1-14(29)33-21-8-7-15(10-22(21)32-3)24(31)27-23-16(9-17(25)11-20(23)26)13-28(2)18-5-4-6-19(30)12-18/h7-11,18-19,30H,4-6,12-13H2,1-3H3,(H,27,31)/t18-,19-/m0/s1. The Bertz CT molecular complexity index is 1030. The molecule has 178 valence electrons. The number of benzene rings is 2. The van der Waals surface area contributed by atoms with Crippen molar-refractivity contribution < 1.29 is 24.2 Å². The normalized spacial score (nSPS) is 18.2. The van der Waals surface area contributed by atoms with Gasteiger partial charge in [-0.15, -0.1) is 0 Å². The first kappa shape index (κ1) is 25.7. The number of anilines is 1. The number of carbonyl (C=O) groups is 2. The lowest BCUT2D eigenvalue weighted by Crippen LogP contribution is -2.37. The van der Waals surface area contributed by atoms with Gasteiger partial charge in [0.15, 0.2) is 11.5 Å². The van der Waals surface area contributed by atoms with Gasteiger partial charge in [0.05, 0.1) is 18.9 Å². The molecular weight excluding hydrogens is 556 g/mol. The van der Waals surface area contributed by atoms with E-state index < -0.39 is 5.97 Å². The molecule has 1 saturated carbocycles. The molecule has 0 aromatic heterocycles. The predicted molar refractivity (Wildman–Crippen MR) is 134 cm³/mol. The van der Waals surface area contributed by atoms with Crippen LogP contribution in [0, 0.1) is 0 Å². The highest BCUT2D eigenvalue weighted by Gasteiger charge is 2.25. The topological polar surface area (TPSA) is 88.1 Å². The Morgan fingerprint density at radius 2 is 1.94 bits per heavy atom. The van der Waals surface area contributed by atoms with E-state index in [0.29, 0.717) is 23.5 Å². The summed E-state index contributed by atoms with van der Waals surface area (Å²) in [5.74, 6) is -0.238. The molecule has 33 heavy (non-hydrogen) atoms. The van der Waals surface area contributed by atoms with Gasteiger partial charge < -0.3 is 19.9 Å². The molecule has 2 atom stereocenters. The van der Waals surface area contributed by atoms with Crippen LogP contribution in [-0.2, 0) is 11.3 Å². The first-order valence-electron chi connectivity index (χ1n) is 10.7. The number of amides is 1. The molecular formula is C24H28Br2N2O5. The van der Waals surface area contributed by atoms with Crippen LogP contribution in [0.2, 0.25) is 0 Å². The van der Waals surface area contributed by atoms with Crippen molar-refractivity contribution in [1.82, 2.24) is 4.90 Å². The van der Waals surface area contributed by atoms with Crippen LogP contribution in [0.4, 0.5) is 5.69 Å². The molecule has 2 N–H and O–H groups in total. The molecule has 2 aromatic carbocycles. The van der Waals surface area contributed by atoms with E-state index in [4.69, 9.17) is 9.47 Å². The summed E-state index contributed by atoms with van der Waals surface area (Å²) in [4.78, 5) is 26.6. The van der Waals surface area contributed by atoms with Crippen LogP contribution in [0.5, 0.6) is 11.5 Å². The number of hydrogen-bond acceptors (Lipinski definition) is 6. The lowest BCUT2D eigenvalue weighted by Gasteiger charge is -2.34. The Balaban J connectivity index is 1.83. The van der Waals surface area contributed by atoms with Gasteiger partial charge in [0.2, 0.25) is 0 Å². The van der Waals surface area contributed by atoms with E-state index >= 15 is 0 Å². The fourth-order valence-corrected chi connectivity index (χ4v) is 5.48. The summed E-state index contributed by atoms with van der Waals surface area (Å²) in [5.41, 5.74) is 1.98. The molecule has 0 radical (unpaired) electrons. The van der Waals surface area contributed by atoms with Gasteiger partial charge in [0.1, 0.15) is 0 Å². The molecule has 1 fully saturated rings. The summed E-state index contributed by atoms with van der Waals surface area (Å²) in [6, 6.07) is 8.81. The molecule has 0 spiro atoms. The van der Waals surface area contributed by atoms with Crippen molar-refractivity contribution in [3.8, 4) is 11.5 Å². The average molecular weight is 584 g/mol. The number of ether oxygens (including phenoxy) is 2. The third-order valence-corrected chi connectivity index (χ3v) is 6.80. The van der Waals surface area contributed by atoms with E-state index in [1.165, 1.54) is 26.2 Å². The molecule has 0 saturated heterocycles. The second-order valence-electron chi connectivity index (χ2n) is 8.22. The highest BCUT2D eigenvalue weighted by molar-refractivity contribution is 9.11. The monoisotopic (exact) mass is 582 g/mol. The molecule has 1 aliphatic rings. The first-order chi connectivity index (χ1) is 15.7. The molecule has 0 bridgehead atoms. The zero-order valence-electron chi connectivity index (χ0n) is 18.9. The van der Waals surface area contributed by atoms with Crippen molar-refractivity contribution in [1.29, 1.82) is 0 Å². The maximum atomic E-state index is 13.1. The molecule has 0 heterocycles. The third-order valence-electron chi connectivity index (χ3n) is 5.72. The number of carbonyl (C=O) groups excluding carboxylic acids is 2. The molecule has 9 heteroatoms. The van der Waals surface area contributed by atoms with E-state index in [1.54, 1.807) is 6.07 Å². The highest BCUT2D eigenvalue weighted by atomic mass is 79.9. The van der Waals surface area contributed by atoms with Crippen LogP contribution in [-0.4, -0.2) is 48.2 Å². The highest BCUT2D eigenvalue weighted by Crippen LogP contribution is 2.34. The van der Waals surface area contributed by atoms with Crippen molar-refractivity contribution >= 4 is 49.4 Å². The predicted octanol–water partition coefficient (Wildman–Crippen LogP) is 5.13. The van der Waals surface area contributed by atoms with E-state index in [0.717, 1.165) is 40.2 Å². The fraction of sp³-hybridized carbons (Fsp3) is 0.417. The number of esters is 1. The number of aliphatic hydroxyl groups excluding tert-OH is 1. The second kappa shape index (κ2) is 11.5. The van der Waals surface area contributed by atoms with Crippen LogP contribution >= 0.6 is 31.9 Å². The van der Waals surface area contributed by atoms with Crippen LogP contribution in [0.25, 0.3) is 0 Å².